The Balaban J connectivity index is 1.57. The summed E-state index contributed by atoms with van der Waals surface area (Å²) in [6.07, 6.45) is 1.92. The van der Waals surface area contributed by atoms with Gasteiger partial charge in [0.25, 0.3) is 0 Å². The topological polar surface area (TPSA) is 37.2 Å². The molecule has 1 aliphatic heterocycles. The molecule has 0 N–H and O–H groups in total. The number of rotatable bonds is 4. The smallest absolute Gasteiger partial charge is 0.130 e. The van der Waals surface area contributed by atoms with Gasteiger partial charge in [-0.2, -0.15) is 0 Å². The van der Waals surface area contributed by atoms with Crippen LogP contribution in [0.2, 0.25) is 0 Å². The van der Waals surface area contributed by atoms with Crippen molar-refractivity contribution in [1.29, 1.82) is 0 Å². The Bertz CT molecular complexity index is 664. The second-order valence-electron chi connectivity index (χ2n) is 6.04. The maximum absolute atomic E-state index is 13.9. The summed E-state index contributed by atoms with van der Waals surface area (Å²) < 4.78 is 28.7. The zero-order valence-electron chi connectivity index (χ0n) is 13.4. The number of benzene rings is 1. The number of aromatic nitrogens is 3. The van der Waals surface area contributed by atoms with Crippen molar-refractivity contribution in [2.45, 2.75) is 19.5 Å². The third-order valence-electron chi connectivity index (χ3n) is 4.40. The summed E-state index contributed by atoms with van der Waals surface area (Å²) in [4.78, 5) is 4.54. The van der Waals surface area contributed by atoms with Crippen LogP contribution in [-0.2, 0) is 13.6 Å². The molecule has 5 nitrogen and oxygen atoms in total. The zero-order chi connectivity index (χ0) is 16.4. The second-order valence-corrected chi connectivity index (χ2v) is 6.04. The van der Waals surface area contributed by atoms with Gasteiger partial charge < -0.3 is 0 Å². The van der Waals surface area contributed by atoms with E-state index in [9.17, 15) is 8.78 Å². The molecule has 124 valence electrons. The monoisotopic (exact) mass is 321 g/mol. The maximum atomic E-state index is 13.9. The van der Waals surface area contributed by atoms with E-state index in [1.54, 1.807) is 10.7 Å². The quantitative estimate of drug-likeness (QED) is 0.863. The average Bonchev–Trinajstić information content (AvgIpc) is 2.92. The lowest BCUT2D eigenvalue weighted by Gasteiger charge is -2.38. The van der Waals surface area contributed by atoms with Crippen LogP contribution in [0.5, 0.6) is 0 Å². The van der Waals surface area contributed by atoms with Crippen molar-refractivity contribution in [1.82, 2.24) is 24.8 Å². The molecule has 0 bridgehead atoms. The largest absolute Gasteiger partial charge is 0.295 e. The summed E-state index contributed by atoms with van der Waals surface area (Å²) in [6, 6.07) is 3.76. The molecule has 7 heteroatoms. The highest BCUT2D eigenvalue weighted by molar-refractivity contribution is 5.22. The molecular formula is C16H21F2N5. The van der Waals surface area contributed by atoms with Crippen LogP contribution in [-0.4, -0.2) is 51.0 Å². The fourth-order valence-corrected chi connectivity index (χ4v) is 3.04. The number of halogens is 2. The van der Waals surface area contributed by atoms with E-state index in [2.05, 4.69) is 20.1 Å². The molecule has 2 aromatic rings. The summed E-state index contributed by atoms with van der Waals surface area (Å²) in [5, 5.41) is 8.04. The molecular weight excluding hydrogens is 300 g/mol. The minimum Gasteiger partial charge on any atom is -0.295 e. The van der Waals surface area contributed by atoms with Gasteiger partial charge in [-0.3, -0.25) is 14.5 Å². The van der Waals surface area contributed by atoms with Crippen LogP contribution >= 0.6 is 0 Å². The molecule has 2 heterocycles. The van der Waals surface area contributed by atoms with Crippen LogP contribution in [0.15, 0.2) is 24.4 Å². The highest BCUT2D eigenvalue weighted by Crippen LogP contribution is 2.24. The summed E-state index contributed by atoms with van der Waals surface area (Å²) >= 11 is 0. The normalized spacial score (nSPS) is 18.3. The molecule has 0 aliphatic carbocycles. The van der Waals surface area contributed by atoms with Gasteiger partial charge in [0.15, 0.2) is 0 Å². The molecule has 1 saturated heterocycles. The van der Waals surface area contributed by atoms with Gasteiger partial charge in [0.1, 0.15) is 11.6 Å². The third-order valence-corrected chi connectivity index (χ3v) is 4.40. The van der Waals surface area contributed by atoms with Crippen LogP contribution < -0.4 is 0 Å². The SMILES string of the molecule is C[C@H](c1ccc(F)cc1F)N1CCN(Cc2cn(C)nn2)CC1. The van der Waals surface area contributed by atoms with E-state index in [1.165, 1.54) is 6.07 Å². The maximum Gasteiger partial charge on any atom is 0.130 e. The summed E-state index contributed by atoms with van der Waals surface area (Å²) in [7, 11) is 1.85. The van der Waals surface area contributed by atoms with E-state index in [1.807, 2.05) is 20.2 Å². The predicted octanol–water partition coefficient (Wildman–Crippen LogP) is 1.97. The molecule has 1 atom stereocenters. The Labute approximate surface area is 134 Å². The molecule has 1 aromatic carbocycles. The average molecular weight is 321 g/mol. The van der Waals surface area contributed by atoms with E-state index in [-0.39, 0.29) is 6.04 Å². The van der Waals surface area contributed by atoms with Gasteiger partial charge in [0, 0.05) is 63.6 Å². The predicted molar refractivity (Wildman–Crippen MR) is 82.6 cm³/mol. The Morgan fingerprint density at radius 3 is 2.52 bits per heavy atom. The molecule has 0 saturated carbocycles. The number of hydrogen-bond donors (Lipinski definition) is 0. The molecule has 23 heavy (non-hydrogen) atoms. The summed E-state index contributed by atoms with van der Waals surface area (Å²) in [5.74, 6) is -1.01. The first-order valence-electron chi connectivity index (χ1n) is 7.79. The van der Waals surface area contributed by atoms with Crippen molar-refractivity contribution in [3.8, 4) is 0 Å². The van der Waals surface area contributed by atoms with Crippen LogP contribution in [0.1, 0.15) is 24.2 Å². The number of piperazine rings is 1. The van der Waals surface area contributed by atoms with Gasteiger partial charge in [0.2, 0.25) is 0 Å². The number of aryl methyl sites for hydroxylation is 1. The lowest BCUT2D eigenvalue weighted by molar-refractivity contribution is 0.0957. The molecule has 0 spiro atoms. The number of hydrogen-bond acceptors (Lipinski definition) is 4. The van der Waals surface area contributed by atoms with Gasteiger partial charge >= 0.3 is 0 Å². The lowest BCUT2D eigenvalue weighted by Crippen LogP contribution is -2.46. The first-order chi connectivity index (χ1) is 11.0. The first-order valence-corrected chi connectivity index (χ1v) is 7.79. The van der Waals surface area contributed by atoms with Crippen molar-refractivity contribution >= 4 is 0 Å². The minimum atomic E-state index is -0.535. The van der Waals surface area contributed by atoms with Crippen molar-refractivity contribution < 1.29 is 8.78 Å². The van der Waals surface area contributed by atoms with Gasteiger partial charge in [-0.15, -0.1) is 5.10 Å². The zero-order valence-corrected chi connectivity index (χ0v) is 13.4. The van der Waals surface area contributed by atoms with E-state index in [0.29, 0.717) is 5.56 Å². The molecule has 1 aromatic heterocycles. The van der Waals surface area contributed by atoms with Gasteiger partial charge in [-0.25, -0.2) is 8.78 Å². The Hall–Kier alpha value is -1.86. The third kappa shape index (κ3) is 3.73. The molecule has 0 amide bonds. The Morgan fingerprint density at radius 1 is 1.17 bits per heavy atom. The fraction of sp³-hybridized carbons (Fsp3) is 0.500. The van der Waals surface area contributed by atoms with Crippen LogP contribution in [0, 0.1) is 11.6 Å². The van der Waals surface area contributed by atoms with E-state index < -0.39 is 11.6 Å². The van der Waals surface area contributed by atoms with Crippen LogP contribution in [0.3, 0.4) is 0 Å². The van der Waals surface area contributed by atoms with Crippen LogP contribution in [0.4, 0.5) is 8.78 Å². The van der Waals surface area contributed by atoms with E-state index >= 15 is 0 Å². The van der Waals surface area contributed by atoms with E-state index in [4.69, 9.17) is 0 Å². The second kappa shape index (κ2) is 6.72. The molecule has 0 unspecified atom stereocenters. The minimum absolute atomic E-state index is 0.0609. The highest BCUT2D eigenvalue weighted by Gasteiger charge is 2.24. The van der Waals surface area contributed by atoms with Crippen molar-refractivity contribution in [3.63, 3.8) is 0 Å². The molecule has 1 aliphatic rings. The Kier molecular flexibility index (Phi) is 4.68. The fourth-order valence-electron chi connectivity index (χ4n) is 3.04. The van der Waals surface area contributed by atoms with Gasteiger partial charge in [-0.05, 0) is 13.0 Å². The molecule has 1 fully saturated rings. The molecule has 3 rings (SSSR count). The van der Waals surface area contributed by atoms with Crippen molar-refractivity contribution in [3.05, 3.63) is 47.3 Å². The first kappa shape index (κ1) is 16.0. The lowest BCUT2D eigenvalue weighted by atomic mass is 10.1. The van der Waals surface area contributed by atoms with Gasteiger partial charge in [-0.1, -0.05) is 11.3 Å². The Morgan fingerprint density at radius 2 is 1.91 bits per heavy atom. The van der Waals surface area contributed by atoms with Gasteiger partial charge in [0.05, 0.1) is 5.69 Å². The van der Waals surface area contributed by atoms with Crippen molar-refractivity contribution in [2.75, 3.05) is 26.2 Å². The summed E-state index contributed by atoms with van der Waals surface area (Å²) in [5.41, 5.74) is 1.51. The van der Waals surface area contributed by atoms with Crippen molar-refractivity contribution in [2.24, 2.45) is 7.05 Å². The van der Waals surface area contributed by atoms with Crippen LogP contribution in [0.25, 0.3) is 0 Å². The van der Waals surface area contributed by atoms with E-state index in [0.717, 1.165) is 44.5 Å². The summed E-state index contributed by atoms with van der Waals surface area (Å²) in [6.45, 7) is 6.22. The highest BCUT2D eigenvalue weighted by atomic mass is 19.1. The number of nitrogens with zero attached hydrogens (tertiary/aromatic N) is 5. The standard InChI is InChI=1S/C16H21F2N5/c1-12(15-4-3-13(17)9-16(15)18)23-7-5-22(6-8-23)11-14-10-21(2)20-19-14/h3-4,9-10,12H,5-8,11H2,1-2H3/t12-/m1/s1. The molecule has 0 radical (unpaired) electrons.